The lowest BCUT2D eigenvalue weighted by atomic mass is 10.3. The zero-order valence-corrected chi connectivity index (χ0v) is 14.2. The largest absolute Gasteiger partial charge is 0.478 e. The van der Waals surface area contributed by atoms with Crippen molar-refractivity contribution in [2.75, 3.05) is 0 Å². The number of benzene rings is 1. The molecule has 0 aromatic heterocycles. The van der Waals surface area contributed by atoms with Crippen LogP contribution in [0.15, 0.2) is 12.1 Å². The summed E-state index contributed by atoms with van der Waals surface area (Å²) in [4.78, 5) is 31.0. The fourth-order valence-corrected chi connectivity index (χ4v) is 2.79. The van der Waals surface area contributed by atoms with Gasteiger partial charge < -0.3 is 28.2 Å². The first-order chi connectivity index (χ1) is 9.41. The Hall–Kier alpha value is 0.240. The van der Waals surface area contributed by atoms with Crippen LogP contribution < -0.4 is 8.58 Å². The molecule has 1 aromatic carbocycles. The van der Waals surface area contributed by atoms with Crippen LogP contribution in [-0.4, -0.2) is 19.6 Å². The molecule has 0 heterocycles. The number of rotatable bonds is 4. The molecule has 21 heavy (non-hydrogen) atoms. The third-order valence-corrected chi connectivity index (χ3v) is 4.06. The normalized spacial score (nSPS) is 11.4. The second-order valence-corrected chi connectivity index (χ2v) is 6.62. The number of halogens is 4. The van der Waals surface area contributed by atoms with Gasteiger partial charge in [0.25, 0.3) is 0 Å². The van der Waals surface area contributed by atoms with Crippen molar-refractivity contribution in [1.82, 2.24) is 0 Å². The number of hydrogen-bond donors (Lipinski definition) is 4. The summed E-state index contributed by atoms with van der Waals surface area (Å²) in [6.07, 6.45) is 0. The fourth-order valence-electron chi connectivity index (χ4n) is 0.783. The molecule has 9 nitrogen and oxygen atoms in total. The molecule has 0 saturated carbocycles. The van der Waals surface area contributed by atoms with E-state index in [4.69, 9.17) is 66.5 Å². The topological polar surface area (TPSA) is 143 Å². The van der Waals surface area contributed by atoms with E-state index in [1.54, 1.807) is 0 Å². The molecular weight excluding hydrogens is 420 g/mol. The molecule has 0 aliphatic heterocycles. The lowest BCUT2D eigenvalue weighted by Crippen LogP contribution is -1.84. The van der Waals surface area contributed by atoms with E-state index in [0.717, 1.165) is 0 Å². The Morgan fingerprint density at radius 1 is 0.905 bits per heavy atom. The van der Waals surface area contributed by atoms with E-state index in [1.807, 2.05) is 0 Å². The molecule has 0 amide bonds. The van der Waals surface area contributed by atoms with Crippen LogP contribution in [0.25, 0.3) is 0 Å². The van der Waals surface area contributed by atoms with E-state index < -0.39 is 15.6 Å². The van der Waals surface area contributed by atoms with Crippen molar-refractivity contribution in [3.05, 3.63) is 22.2 Å². The number of phosphoric acid groups is 2. The van der Waals surface area contributed by atoms with Crippen molar-refractivity contribution in [2.24, 2.45) is 0 Å². The molecule has 0 radical (unpaired) electrons. The quantitative estimate of drug-likeness (QED) is 0.534. The average molecular weight is 426 g/mol. The van der Waals surface area contributed by atoms with Crippen molar-refractivity contribution in [3.63, 3.8) is 0 Å². The molecule has 15 heteroatoms. The molecule has 0 atom stereocenters. The van der Waals surface area contributed by atoms with Gasteiger partial charge in [0.1, 0.15) is 28.8 Å². The smallest absolute Gasteiger partial charge is 0.384 e. The standard InChI is InChI=1S/C6H2Cl4O2.H4O7P2/c7-3-1-2-4(11-9)5(8)6(3)12-10;1-8(2,3)7-9(4,5)6/h1-2H;(H2,1,2,3)(H2,4,5,6). The summed E-state index contributed by atoms with van der Waals surface area (Å²) in [5.41, 5.74) is 0. The van der Waals surface area contributed by atoms with Gasteiger partial charge in [-0.1, -0.05) is 23.2 Å². The highest BCUT2D eigenvalue weighted by Crippen LogP contribution is 2.53. The Kier molecular flexibility index (Phi) is 8.86. The number of hydrogen-bond acceptors (Lipinski definition) is 5. The third-order valence-electron chi connectivity index (χ3n) is 1.39. The third kappa shape index (κ3) is 9.07. The van der Waals surface area contributed by atoms with E-state index in [0.29, 0.717) is 0 Å². The summed E-state index contributed by atoms with van der Waals surface area (Å²) in [6, 6.07) is 3.00. The summed E-state index contributed by atoms with van der Waals surface area (Å²) in [7, 11) is -10.1. The van der Waals surface area contributed by atoms with Crippen molar-refractivity contribution in [3.8, 4) is 11.5 Å². The van der Waals surface area contributed by atoms with E-state index in [1.165, 1.54) is 12.1 Å². The van der Waals surface area contributed by atoms with E-state index in [2.05, 4.69) is 12.9 Å². The Balaban J connectivity index is 0.000000400. The maximum atomic E-state index is 9.63. The monoisotopic (exact) mass is 424 g/mol. The van der Waals surface area contributed by atoms with Crippen LogP contribution in [-0.2, 0) is 13.4 Å². The van der Waals surface area contributed by atoms with Gasteiger partial charge in [-0.3, -0.25) is 0 Å². The SMILES string of the molecule is ClOc1ccc(Cl)c(OCl)c1Cl.O=P(O)(O)OP(=O)(O)O. The maximum Gasteiger partial charge on any atom is 0.478 e. The van der Waals surface area contributed by atoms with Gasteiger partial charge in [-0.25, -0.2) is 9.13 Å². The van der Waals surface area contributed by atoms with Crippen LogP contribution in [0.4, 0.5) is 0 Å². The Labute approximate surface area is 138 Å². The predicted octanol–water partition coefficient (Wildman–Crippen LogP) is 3.25. The van der Waals surface area contributed by atoms with E-state index >= 15 is 0 Å². The lowest BCUT2D eigenvalue weighted by Gasteiger charge is -2.04. The van der Waals surface area contributed by atoms with Gasteiger partial charge in [0, 0.05) is 0 Å². The lowest BCUT2D eigenvalue weighted by molar-refractivity contribution is 0.225. The summed E-state index contributed by atoms with van der Waals surface area (Å²) in [5, 5.41) is 0.417. The first-order valence-corrected chi connectivity index (χ1v) is 8.72. The summed E-state index contributed by atoms with van der Waals surface area (Å²) in [6.45, 7) is 0. The van der Waals surface area contributed by atoms with Gasteiger partial charge in [-0.2, -0.15) is 4.31 Å². The second kappa shape index (κ2) is 8.76. The molecule has 0 aliphatic rings. The minimum atomic E-state index is -5.05. The summed E-state index contributed by atoms with van der Waals surface area (Å²) in [5.74, 6) is 0.358. The van der Waals surface area contributed by atoms with Crippen LogP contribution >= 0.6 is 62.6 Å². The van der Waals surface area contributed by atoms with Gasteiger partial charge in [-0.15, -0.1) is 0 Å². The minimum Gasteiger partial charge on any atom is -0.384 e. The molecular formula is C6H6Cl4O9P2. The summed E-state index contributed by atoms with van der Waals surface area (Å²) >= 11 is 21.6. The molecule has 0 spiro atoms. The van der Waals surface area contributed by atoms with Crippen molar-refractivity contribution in [2.45, 2.75) is 0 Å². The van der Waals surface area contributed by atoms with Crippen LogP contribution in [0, 0.1) is 0 Å². The molecule has 1 rings (SSSR count). The second-order valence-electron chi connectivity index (χ2n) is 2.91. The van der Waals surface area contributed by atoms with Crippen molar-refractivity contribution < 1.29 is 41.6 Å². The molecule has 1 aromatic rings. The van der Waals surface area contributed by atoms with Gasteiger partial charge >= 0.3 is 15.6 Å². The van der Waals surface area contributed by atoms with Crippen LogP contribution in [0.3, 0.4) is 0 Å². The molecule has 0 unspecified atom stereocenters. The Morgan fingerprint density at radius 3 is 1.67 bits per heavy atom. The predicted molar refractivity (Wildman–Crippen MR) is 74.6 cm³/mol. The molecule has 0 aliphatic carbocycles. The van der Waals surface area contributed by atoms with Gasteiger partial charge in [-0.05, 0) is 12.1 Å². The van der Waals surface area contributed by atoms with E-state index in [9.17, 15) is 9.13 Å². The summed E-state index contributed by atoms with van der Waals surface area (Å²) < 4.78 is 31.0. The van der Waals surface area contributed by atoms with Crippen LogP contribution in [0.1, 0.15) is 0 Å². The molecule has 0 bridgehead atoms. The molecule has 122 valence electrons. The first-order valence-electron chi connectivity index (χ1n) is 4.29. The van der Waals surface area contributed by atoms with Crippen molar-refractivity contribution in [1.29, 1.82) is 0 Å². The molecule has 0 saturated heterocycles. The Morgan fingerprint density at radius 2 is 1.38 bits per heavy atom. The van der Waals surface area contributed by atoms with Gasteiger partial charge in [0.2, 0.25) is 0 Å². The molecule has 0 fully saturated rings. The average Bonchev–Trinajstić information content (AvgIpc) is 2.25. The first kappa shape index (κ1) is 21.2. The minimum absolute atomic E-state index is 0.123. The van der Waals surface area contributed by atoms with Crippen molar-refractivity contribution >= 4 is 62.6 Å². The fraction of sp³-hybridized carbons (Fsp3) is 0. The zero-order valence-electron chi connectivity index (χ0n) is 9.39. The van der Waals surface area contributed by atoms with Crippen LogP contribution in [0.2, 0.25) is 10.0 Å². The maximum absolute atomic E-state index is 9.63. The van der Waals surface area contributed by atoms with Crippen LogP contribution in [0.5, 0.6) is 11.5 Å². The Bertz CT molecular complexity index is 550. The van der Waals surface area contributed by atoms with Gasteiger partial charge in [0.15, 0.2) is 11.5 Å². The molecule has 4 N–H and O–H groups in total. The van der Waals surface area contributed by atoms with Gasteiger partial charge in [0.05, 0.1) is 5.02 Å². The van der Waals surface area contributed by atoms with E-state index in [-0.39, 0.29) is 21.5 Å². The highest BCUT2D eigenvalue weighted by molar-refractivity contribution is 7.60. The highest BCUT2D eigenvalue weighted by Gasteiger charge is 2.27. The highest BCUT2D eigenvalue weighted by atomic mass is 35.5. The zero-order chi connectivity index (χ0) is 16.8.